The summed E-state index contributed by atoms with van der Waals surface area (Å²) in [7, 11) is 1.99. The summed E-state index contributed by atoms with van der Waals surface area (Å²) in [6.45, 7) is 9.48. The molecule has 0 radical (unpaired) electrons. The molecule has 0 aliphatic carbocycles. The second-order valence-corrected chi connectivity index (χ2v) is 6.89. The van der Waals surface area contributed by atoms with E-state index in [-0.39, 0.29) is 18.2 Å². The van der Waals surface area contributed by atoms with Gasteiger partial charge >= 0.3 is 0 Å². The number of hydrogen-bond acceptors (Lipinski definition) is 3. The topological polar surface area (TPSA) is 35.5 Å². The molecule has 0 spiro atoms. The monoisotopic (exact) mass is 328 g/mol. The van der Waals surface area contributed by atoms with Gasteiger partial charge in [-0.3, -0.25) is 0 Å². The predicted molar refractivity (Wildman–Crippen MR) is 85.7 cm³/mol. The maximum absolute atomic E-state index is 9.22. The van der Waals surface area contributed by atoms with Crippen molar-refractivity contribution in [3.05, 3.63) is 28.2 Å². The molecule has 0 aromatic heterocycles. The lowest BCUT2D eigenvalue weighted by atomic mass is 10.1. The number of rotatable bonds is 5. The van der Waals surface area contributed by atoms with Crippen LogP contribution in [0, 0.1) is 0 Å². The quantitative estimate of drug-likeness (QED) is 0.871. The highest BCUT2D eigenvalue weighted by Gasteiger charge is 2.13. The summed E-state index contributed by atoms with van der Waals surface area (Å²) in [4.78, 5) is 2.07. The van der Waals surface area contributed by atoms with Crippen molar-refractivity contribution in [2.24, 2.45) is 0 Å². The maximum atomic E-state index is 9.22. The molecule has 1 rings (SSSR count). The zero-order chi connectivity index (χ0) is 14.6. The summed E-state index contributed by atoms with van der Waals surface area (Å²) in [6, 6.07) is 6.46. The van der Waals surface area contributed by atoms with Crippen molar-refractivity contribution in [1.29, 1.82) is 0 Å². The van der Waals surface area contributed by atoms with Crippen molar-refractivity contribution in [2.75, 3.05) is 18.6 Å². The standard InChI is InChI=1S/C15H25BrN2O/c1-11(10-19)18(5)14-7-6-12(8-13(14)16)9-17-15(2,3)4/h6-8,11,17,19H,9-10H2,1-5H3. The minimum Gasteiger partial charge on any atom is -0.394 e. The third-order valence-corrected chi connectivity index (χ3v) is 3.78. The molecule has 1 aromatic carbocycles. The molecule has 0 amide bonds. The van der Waals surface area contributed by atoms with Gasteiger partial charge in [0.1, 0.15) is 0 Å². The van der Waals surface area contributed by atoms with Gasteiger partial charge in [0.2, 0.25) is 0 Å². The van der Waals surface area contributed by atoms with Gasteiger partial charge < -0.3 is 15.3 Å². The zero-order valence-corrected chi connectivity index (χ0v) is 14.1. The van der Waals surface area contributed by atoms with Gasteiger partial charge in [-0.25, -0.2) is 0 Å². The first-order valence-corrected chi connectivity index (χ1v) is 7.41. The number of halogens is 1. The van der Waals surface area contributed by atoms with Crippen LogP contribution in [0.1, 0.15) is 33.3 Å². The van der Waals surface area contributed by atoms with E-state index in [0.717, 1.165) is 16.7 Å². The first-order chi connectivity index (χ1) is 8.74. The highest BCUT2D eigenvalue weighted by atomic mass is 79.9. The predicted octanol–water partition coefficient (Wildman–Crippen LogP) is 3.15. The van der Waals surface area contributed by atoms with Crippen molar-refractivity contribution >= 4 is 21.6 Å². The fourth-order valence-electron chi connectivity index (χ4n) is 1.67. The van der Waals surface area contributed by atoms with Crippen molar-refractivity contribution in [2.45, 2.75) is 45.8 Å². The molecule has 0 bridgehead atoms. The van der Waals surface area contributed by atoms with Gasteiger partial charge in [0.25, 0.3) is 0 Å². The molecule has 1 unspecified atom stereocenters. The van der Waals surface area contributed by atoms with E-state index in [1.807, 2.05) is 14.0 Å². The molecule has 3 nitrogen and oxygen atoms in total. The van der Waals surface area contributed by atoms with Crippen LogP contribution in [0.2, 0.25) is 0 Å². The second-order valence-electron chi connectivity index (χ2n) is 6.03. The fourth-order valence-corrected chi connectivity index (χ4v) is 2.38. The third kappa shape index (κ3) is 5.13. The van der Waals surface area contributed by atoms with Gasteiger partial charge in [0.15, 0.2) is 0 Å². The Hall–Kier alpha value is -0.580. The van der Waals surface area contributed by atoms with Crippen LogP contribution in [0.4, 0.5) is 5.69 Å². The number of nitrogens with one attached hydrogen (secondary N) is 1. The molecule has 0 saturated heterocycles. The summed E-state index contributed by atoms with van der Waals surface area (Å²) in [5.41, 5.74) is 2.46. The summed E-state index contributed by atoms with van der Waals surface area (Å²) in [5.74, 6) is 0. The first-order valence-electron chi connectivity index (χ1n) is 6.61. The minimum absolute atomic E-state index is 0.106. The Morgan fingerprint density at radius 2 is 2.00 bits per heavy atom. The van der Waals surface area contributed by atoms with E-state index in [2.05, 4.69) is 65.1 Å². The minimum atomic E-state index is 0.106. The molecular weight excluding hydrogens is 304 g/mol. The molecule has 0 aliphatic heterocycles. The molecule has 1 atom stereocenters. The highest BCUT2D eigenvalue weighted by Crippen LogP contribution is 2.28. The van der Waals surface area contributed by atoms with Crippen LogP contribution in [0.5, 0.6) is 0 Å². The molecule has 0 fully saturated rings. The van der Waals surface area contributed by atoms with Crippen molar-refractivity contribution < 1.29 is 5.11 Å². The molecule has 0 saturated carbocycles. The van der Waals surface area contributed by atoms with Gasteiger partial charge in [0, 0.05) is 29.6 Å². The summed E-state index contributed by atoms with van der Waals surface area (Å²) >= 11 is 3.61. The Kier molecular flexibility index (Phi) is 5.83. The van der Waals surface area contributed by atoms with E-state index >= 15 is 0 Å². The van der Waals surface area contributed by atoms with E-state index in [1.54, 1.807) is 0 Å². The Morgan fingerprint density at radius 1 is 1.37 bits per heavy atom. The number of anilines is 1. The lowest BCUT2D eigenvalue weighted by molar-refractivity contribution is 0.270. The molecule has 0 heterocycles. The van der Waals surface area contributed by atoms with E-state index < -0.39 is 0 Å². The number of benzene rings is 1. The first kappa shape index (κ1) is 16.5. The van der Waals surface area contributed by atoms with Crippen LogP contribution in [0.25, 0.3) is 0 Å². The summed E-state index contributed by atoms with van der Waals surface area (Å²) in [6.07, 6.45) is 0. The molecule has 1 aromatic rings. The van der Waals surface area contributed by atoms with Gasteiger partial charge in [-0.15, -0.1) is 0 Å². The van der Waals surface area contributed by atoms with Crippen LogP contribution in [0.3, 0.4) is 0 Å². The largest absolute Gasteiger partial charge is 0.394 e. The Labute approximate surface area is 125 Å². The number of aliphatic hydroxyl groups excluding tert-OH is 1. The van der Waals surface area contributed by atoms with Gasteiger partial charge in [-0.05, 0) is 61.3 Å². The molecule has 0 aliphatic rings. The number of hydrogen-bond donors (Lipinski definition) is 2. The van der Waals surface area contributed by atoms with Crippen molar-refractivity contribution in [3.63, 3.8) is 0 Å². The molecule has 19 heavy (non-hydrogen) atoms. The Morgan fingerprint density at radius 3 is 2.47 bits per heavy atom. The van der Waals surface area contributed by atoms with Crippen molar-refractivity contribution in [1.82, 2.24) is 5.32 Å². The second kappa shape index (κ2) is 6.73. The van der Waals surface area contributed by atoms with Crippen molar-refractivity contribution in [3.8, 4) is 0 Å². The lowest BCUT2D eigenvalue weighted by Gasteiger charge is -2.27. The number of nitrogens with zero attached hydrogens (tertiary/aromatic N) is 1. The van der Waals surface area contributed by atoms with Crippen LogP contribution in [-0.4, -0.2) is 30.3 Å². The lowest BCUT2D eigenvalue weighted by Crippen LogP contribution is -2.35. The molecule has 108 valence electrons. The van der Waals surface area contributed by atoms with Crippen LogP contribution < -0.4 is 10.2 Å². The van der Waals surface area contributed by atoms with Gasteiger partial charge in [0.05, 0.1) is 12.3 Å². The average Bonchev–Trinajstić information content (AvgIpc) is 2.34. The molecule has 4 heteroatoms. The molecular formula is C15H25BrN2O. The fraction of sp³-hybridized carbons (Fsp3) is 0.600. The zero-order valence-electron chi connectivity index (χ0n) is 12.5. The molecule has 2 N–H and O–H groups in total. The highest BCUT2D eigenvalue weighted by molar-refractivity contribution is 9.10. The van der Waals surface area contributed by atoms with Gasteiger partial charge in [-0.1, -0.05) is 6.07 Å². The van der Waals surface area contributed by atoms with E-state index in [0.29, 0.717) is 0 Å². The summed E-state index contributed by atoms with van der Waals surface area (Å²) in [5, 5.41) is 12.7. The van der Waals surface area contributed by atoms with Crippen LogP contribution in [0.15, 0.2) is 22.7 Å². The average molecular weight is 329 g/mol. The number of likely N-dealkylation sites (N-methyl/N-ethyl adjacent to an activating group) is 1. The normalized spacial score (nSPS) is 13.4. The SMILES string of the molecule is CC(CO)N(C)c1ccc(CNC(C)(C)C)cc1Br. The van der Waals surface area contributed by atoms with Crippen LogP contribution >= 0.6 is 15.9 Å². The van der Waals surface area contributed by atoms with Crippen LogP contribution in [-0.2, 0) is 6.54 Å². The van der Waals surface area contributed by atoms with E-state index in [1.165, 1.54) is 5.56 Å². The Balaban J connectivity index is 2.80. The maximum Gasteiger partial charge on any atom is 0.0632 e. The van der Waals surface area contributed by atoms with E-state index in [9.17, 15) is 5.11 Å². The third-order valence-electron chi connectivity index (χ3n) is 3.14. The van der Waals surface area contributed by atoms with Gasteiger partial charge in [-0.2, -0.15) is 0 Å². The summed E-state index contributed by atoms with van der Waals surface area (Å²) < 4.78 is 1.06. The number of aliphatic hydroxyl groups is 1. The smallest absolute Gasteiger partial charge is 0.0632 e. The van der Waals surface area contributed by atoms with E-state index in [4.69, 9.17) is 0 Å². The Bertz CT molecular complexity index is 415.